The molecule has 2 aromatic rings. The van der Waals surface area contributed by atoms with E-state index in [-0.39, 0.29) is 31.3 Å². The van der Waals surface area contributed by atoms with Gasteiger partial charge < -0.3 is 20.1 Å². The quantitative estimate of drug-likeness (QED) is 0.498. The van der Waals surface area contributed by atoms with E-state index in [1.807, 2.05) is 24.3 Å². The van der Waals surface area contributed by atoms with E-state index in [1.165, 1.54) is 11.1 Å². The molecule has 0 bridgehead atoms. The summed E-state index contributed by atoms with van der Waals surface area (Å²) < 4.78 is 5.54. The molecule has 7 heteroatoms. The third kappa shape index (κ3) is 5.50. The van der Waals surface area contributed by atoms with Crippen molar-refractivity contribution in [1.82, 2.24) is 10.2 Å². The van der Waals surface area contributed by atoms with Crippen molar-refractivity contribution in [3.63, 3.8) is 0 Å². The lowest BCUT2D eigenvalue weighted by Gasteiger charge is -2.44. The highest BCUT2D eigenvalue weighted by molar-refractivity contribution is 5.79. The minimum atomic E-state index is -0.872. The Kier molecular flexibility index (Phi) is 7.73. The highest BCUT2D eigenvalue weighted by atomic mass is 16.5. The minimum absolute atomic E-state index is 0.00398. The van der Waals surface area contributed by atoms with Crippen molar-refractivity contribution in [3.05, 3.63) is 59.7 Å². The number of carboxylic acid groups (broad SMARTS) is 1. The zero-order chi connectivity index (χ0) is 24.8. The van der Waals surface area contributed by atoms with E-state index in [0.29, 0.717) is 13.0 Å². The number of nitrogens with zero attached hydrogens (tertiary/aromatic N) is 1. The van der Waals surface area contributed by atoms with Crippen molar-refractivity contribution >= 4 is 18.0 Å². The van der Waals surface area contributed by atoms with Crippen LogP contribution < -0.4 is 5.32 Å². The Morgan fingerprint density at radius 3 is 2.20 bits per heavy atom. The molecule has 2 aliphatic rings. The third-order valence-corrected chi connectivity index (χ3v) is 7.53. The van der Waals surface area contributed by atoms with Gasteiger partial charge in [0.1, 0.15) is 6.61 Å². The second kappa shape index (κ2) is 10.9. The summed E-state index contributed by atoms with van der Waals surface area (Å²) in [4.78, 5) is 38.2. The van der Waals surface area contributed by atoms with Crippen molar-refractivity contribution in [2.75, 3.05) is 20.2 Å². The second-order valence-electron chi connectivity index (χ2n) is 9.66. The summed E-state index contributed by atoms with van der Waals surface area (Å²) in [5.74, 6) is -0.949. The van der Waals surface area contributed by atoms with Crippen molar-refractivity contribution in [3.8, 4) is 11.1 Å². The molecule has 0 atom stereocenters. The monoisotopic (exact) mass is 478 g/mol. The van der Waals surface area contributed by atoms with E-state index in [4.69, 9.17) is 4.74 Å². The van der Waals surface area contributed by atoms with Gasteiger partial charge in [0.15, 0.2) is 0 Å². The van der Waals surface area contributed by atoms with Crippen LogP contribution in [-0.4, -0.2) is 53.7 Å². The summed E-state index contributed by atoms with van der Waals surface area (Å²) in [6.07, 6.45) is 4.60. The molecule has 1 fully saturated rings. The van der Waals surface area contributed by atoms with Crippen molar-refractivity contribution in [1.29, 1.82) is 0 Å². The fourth-order valence-corrected chi connectivity index (χ4v) is 5.63. The molecule has 0 aliphatic heterocycles. The first-order valence-corrected chi connectivity index (χ1v) is 12.5. The smallest absolute Gasteiger partial charge is 0.407 e. The summed E-state index contributed by atoms with van der Waals surface area (Å²) in [6.45, 7) is 0.571. The number of carbonyl (C=O) groups is 3. The van der Waals surface area contributed by atoms with Gasteiger partial charge in [0.2, 0.25) is 5.91 Å². The first kappa shape index (κ1) is 24.8. The number of alkyl carbamates (subject to hydrolysis) is 1. The van der Waals surface area contributed by atoms with Crippen LogP contribution in [0.5, 0.6) is 0 Å². The number of amides is 2. The summed E-state index contributed by atoms with van der Waals surface area (Å²) in [7, 11) is 1.72. The average molecular weight is 479 g/mol. The van der Waals surface area contributed by atoms with Gasteiger partial charge in [-0.2, -0.15) is 0 Å². The van der Waals surface area contributed by atoms with E-state index in [2.05, 4.69) is 29.6 Å². The van der Waals surface area contributed by atoms with Crippen LogP contribution in [0.2, 0.25) is 0 Å². The van der Waals surface area contributed by atoms with Gasteiger partial charge in [0.25, 0.3) is 0 Å². The van der Waals surface area contributed by atoms with Gasteiger partial charge in [-0.05, 0) is 41.5 Å². The maximum atomic E-state index is 12.8. The second-order valence-corrected chi connectivity index (χ2v) is 9.66. The largest absolute Gasteiger partial charge is 0.481 e. The van der Waals surface area contributed by atoms with Crippen LogP contribution in [0.25, 0.3) is 11.1 Å². The van der Waals surface area contributed by atoms with Crippen molar-refractivity contribution < 1.29 is 24.2 Å². The predicted molar refractivity (Wildman–Crippen MR) is 133 cm³/mol. The molecule has 7 nitrogen and oxygen atoms in total. The Morgan fingerprint density at radius 1 is 1.00 bits per heavy atom. The maximum absolute atomic E-state index is 12.8. The number of fused-ring (bicyclic) bond motifs is 3. The van der Waals surface area contributed by atoms with E-state index >= 15 is 0 Å². The standard InChI is InChI=1S/C28H34N2O5/c1-30(28(18-26(32)33)15-7-2-8-16-28)25(31)14-9-17-29-27(34)35-19-24-22-12-5-3-10-20(22)21-11-4-6-13-23(21)24/h3-6,10-13,24H,2,7-9,14-19H2,1H3,(H,29,34)(H,32,33). The molecular formula is C28H34N2O5. The maximum Gasteiger partial charge on any atom is 0.407 e. The van der Waals surface area contributed by atoms with Crippen LogP contribution >= 0.6 is 0 Å². The number of aliphatic carboxylic acids is 1. The molecular weight excluding hydrogens is 444 g/mol. The molecule has 2 N–H and O–H groups in total. The zero-order valence-electron chi connectivity index (χ0n) is 20.3. The van der Waals surface area contributed by atoms with E-state index in [9.17, 15) is 19.5 Å². The minimum Gasteiger partial charge on any atom is -0.481 e. The summed E-state index contributed by atoms with van der Waals surface area (Å²) in [5.41, 5.74) is 4.08. The Balaban J connectivity index is 1.24. The predicted octanol–water partition coefficient (Wildman–Crippen LogP) is 4.94. The fourth-order valence-electron chi connectivity index (χ4n) is 5.63. The molecule has 2 aliphatic carbocycles. The van der Waals surface area contributed by atoms with Crippen molar-refractivity contribution in [2.24, 2.45) is 0 Å². The van der Waals surface area contributed by atoms with E-state index in [1.54, 1.807) is 11.9 Å². The number of hydrogen-bond donors (Lipinski definition) is 2. The Hall–Kier alpha value is -3.35. The summed E-state index contributed by atoms with van der Waals surface area (Å²) >= 11 is 0. The van der Waals surface area contributed by atoms with Crippen LogP contribution in [0.15, 0.2) is 48.5 Å². The molecule has 0 saturated heterocycles. The lowest BCUT2D eigenvalue weighted by atomic mass is 9.78. The average Bonchev–Trinajstić information content (AvgIpc) is 3.18. The van der Waals surface area contributed by atoms with Crippen molar-refractivity contribution in [2.45, 2.75) is 62.8 Å². The summed E-state index contributed by atoms with van der Waals surface area (Å²) in [5, 5.41) is 12.1. The number of benzene rings is 2. The molecule has 2 amide bonds. The number of carboxylic acids is 1. The first-order chi connectivity index (χ1) is 16.9. The lowest BCUT2D eigenvalue weighted by Crippen LogP contribution is -2.52. The molecule has 0 radical (unpaired) electrons. The Morgan fingerprint density at radius 2 is 1.60 bits per heavy atom. The molecule has 0 unspecified atom stereocenters. The van der Waals surface area contributed by atoms with Crippen LogP contribution in [0.3, 0.4) is 0 Å². The van der Waals surface area contributed by atoms with Gasteiger partial charge in [0, 0.05) is 25.9 Å². The van der Waals surface area contributed by atoms with Crippen LogP contribution in [0, 0.1) is 0 Å². The van der Waals surface area contributed by atoms with Crippen LogP contribution in [-0.2, 0) is 14.3 Å². The topological polar surface area (TPSA) is 95.9 Å². The normalized spacial score (nSPS) is 16.1. The van der Waals surface area contributed by atoms with Gasteiger partial charge in [-0.15, -0.1) is 0 Å². The van der Waals surface area contributed by atoms with Crippen LogP contribution in [0.4, 0.5) is 4.79 Å². The first-order valence-electron chi connectivity index (χ1n) is 12.5. The SMILES string of the molecule is CN(C(=O)CCCNC(=O)OCC1c2ccccc2-c2ccccc21)C1(CC(=O)O)CCCCC1. The molecule has 0 aromatic heterocycles. The number of hydrogen-bond acceptors (Lipinski definition) is 4. The molecule has 4 rings (SSSR count). The molecule has 35 heavy (non-hydrogen) atoms. The van der Waals surface area contributed by atoms with Crippen LogP contribution in [0.1, 0.15) is 68.4 Å². The molecule has 2 aromatic carbocycles. The van der Waals surface area contributed by atoms with E-state index in [0.717, 1.165) is 43.2 Å². The van der Waals surface area contributed by atoms with Gasteiger partial charge >= 0.3 is 12.1 Å². The third-order valence-electron chi connectivity index (χ3n) is 7.53. The van der Waals surface area contributed by atoms with Gasteiger partial charge in [-0.1, -0.05) is 67.8 Å². The molecule has 1 saturated carbocycles. The van der Waals surface area contributed by atoms with Gasteiger partial charge in [-0.25, -0.2) is 4.79 Å². The van der Waals surface area contributed by atoms with Gasteiger partial charge in [-0.3, -0.25) is 9.59 Å². The number of carbonyl (C=O) groups excluding carboxylic acids is 2. The Bertz CT molecular complexity index is 1030. The summed E-state index contributed by atoms with van der Waals surface area (Å²) in [6, 6.07) is 16.4. The Labute approximate surface area is 206 Å². The highest BCUT2D eigenvalue weighted by Crippen LogP contribution is 2.44. The fraction of sp³-hybridized carbons (Fsp3) is 0.464. The highest BCUT2D eigenvalue weighted by Gasteiger charge is 2.40. The van der Waals surface area contributed by atoms with E-state index < -0.39 is 17.6 Å². The zero-order valence-corrected chi connectivity index (χ0v) is 20.3. The number of rotatable bonds is 9. The van der Waals surface area contributed by atoms with Gasteiger partial charge in [0.05, 0.1) is 12.0 Å². The molecule has 0 heterocycles. The molecule has 186 valence electrons. The number of nitrogens with one attached hydrogen (secondary N) is 1. The number of ether oxygens (including phenoxy) is 1. The lowest BCUT2D eigenvalue weighted by molar-refractivity contribution is -0.146. The molecule has 0 spiro atoms.